The minimum Gasteiger partial charge on any atom is -0.496 e. The molecule has 0 aliphatic rings. The number of hydrogen-bond acceptors (Lipinski definition) is 3. The maximum Gasteiger partial charge on any atom is 0.261 e. The van der Waals surface area contributed by atoms with Gasteiger partial charge in [0.15, 0.2) is 0 Å². The van der Waals surface area contributed by atoms with E-state index < -0.39 is 25.0 Å². The third-order valence-corrected chi connectivity index (χ3v) is 3.02. The summed E-state index contributed by atoms with van der Waals surface area (Å²) in [4.78, 5) is 0. The zero-order valence-electron chi connectivity index (χ0n) is 10.2. The van der Waals surface area contributed by atoms with Crippen LogP contribution in [0.4, 0.5) is 13.2 Å². The van der Waals surface area contributed by atoms with Crippen LogP contribution in [0.1, 0.15) is 18.1 Å². The van der Waals surface area contributed by atoms with E-state index in [1.807, 2.05) is 0 Å². The van der Waals surface area contributed by atoms with Gasteiger partial charge in [-0.3, -0.25) is 0 Å². The Morgan fingerprint density at radius 2 is 2.05 bits per heavy atom. The normalized spacial score (nSPS) is 12.8. The summed E-state index contributed by atoms with van der Waals surface area (Å²) < 4.78 is 46.8. The molecule has 0 aromatic heterocycles. The molecule has 1 N–H and O–H groups in total. The number of hydrogen-bond donors (Lipinski definition) is 1. The van der Waals surface area contributed by atoms with Gasteiger partial charge in [0.25, 0.3) is 6.43 Å². The van der Waals surface area contributed by atoms with E-state index in [1.165, 1.54) is 13.2 Å². The molecule has 0 radical (unpaired) electrons. The van der Waals surface area contributed by atoms with Gasteiger partial charge in [-0.1, -0.05) is 0 Å². The molecule has 7 heteroatoms. The number of methoxy groups -OCH3 is 1. The van der Waals surface area contributed by atoms with Crippen molar-refractivity contribution in [2.45, 2.75) is 19.0 Å². The largest absolute Gasteiger partial charge is 0.496 e. The molecule has 1 rings (SSSR count). The fraction of sp³-hybridized carbons (Fsp3) is 0.500. The van der Waals surface area contributed by atoms with Crippen molar-refractivity contribution in [3.8, 4) is 5.75 Å². The van der Waals surface area contributed by atoms with E-state index in [4.69, 9.17) is 4.74 Å². The molecular weight excluding hydrogens is 329 g/mol. The van der Waals surface area contributed by atoms with Crippen LogP contribution in [0.15, 0.2) is 16.6 Å². The first-order valence-electron chi connectivity index (χ1n) is 5.52. The molecule has 1 unspecified atom stereocenters. The molecule has 0 aliphatic heterocycles. The highest BCUT2D eigenvalue weighted by Gasteiger charge is 2.16. The smallest absolute Gasteiger partial charge is 0.261 e. The number of aliphatic hydroxyl groups excluding tert-OH is 1. The van der Waals surface area contributed by atoms with Gasteiger partial charge in [-0.05, 0) is 22.0 Å². The summed E-state index contributed by atoms with van der Waals surface area (Å²) in [6.07, 6.45) is -3.41. The Morgan fingerprint density at radius 1 is 1.37 bits per heavy atom. The number of alkyl halides is 2. The van der Waals surface area contributed by atoms with Crippen LogP contribution in [-0.4, -0.2) is 31.9 Å². The van der Waals surface area contributed by atoms with Crippen LogP contribution in [0.2, 0.25) is 0 Å². The number of rotatable bonds is 7. The van der Waals surface area contributed by atoms with Gasteiger partial charge in [-0.2, -0.15) is 0 Å². The first-order chi connectivity index (χ1) is 8.95. The van der Waals surface area contributed by atoms with Crippen LogP contribution in [-0.2, 0) is 4.74 Å². The molecule has 0 saturated heterocycles. The van der Waals surface area contributed by atoms with Gasteiger partial charge < -0.3 is 14.6 Å². The summed E-state index contributed by atoms with van der Waals surface area (Å²) in [5.74, 6) is -0.316. The fourth-order valence-electron chi connectivity index (χ4n) is 1.50. The first kappa shape index (κ1) is 16.3. The zero-order valence-corrected chi connectivity index (χ0v) is 11.8. The lowest BCUT2D eigenvalue weighted by molar-refractivity contribution is 0.00459. The second-order valence-electron chi connectivity index (χ2n) is 3.78. The number of aliphatic hydroxyl groups is 1. The Labute approximate surface area is 117 Å². The summed E-state index contributed by atoms with van der Waals surface area (Å²) in [5.41, 5.74) is 0.372. The van der Waals surface area contributed by atoms with Crippen molar-refractivity contribution in [3.05, 3.63) is 28.0 Å². The fourth-order valence-corrected chi connectivity index (χ4v) is 1.87. The molecule has 0 bridgehead atoms. The van der Waals surface area contributed by atoms with E-state index in [1.54, 1.807) is 0 Å². The van der Waals surface area contributed by atoms with E-state index in [9.17, 15) is 18.3 Å². The molecule has 19 heavy (non-hydrogen) atoms. The van der Waals surface area contributed by atoms with Crippen LogP contribution in [0, 0.1) is 5.82 Å². The van der Waals surface area contributed by atoms with Crippen molar-refractivity contribution in [3.63, 3.8) is 0 Å². The minimum absolute atomic E-state index is 0.0242. The summed E-state index contributed by atoms with van der Waals surface area (Å²) in [6.45, 7) is -0.694. The summed E-state index contributed by atoms with van der Waals surface area (Å²) in [7, 11) is 1.35. The molecule has 0 saturated carbocycles. The first-order valence-corrected chi connectivity index (χ1v) is 6.32. The number of halogens is 4. The highest BCUT2D eigenvalue weighted by Crippen LogP contribution is 2.32. The lowest BCUT2D eigenvalue weighted by Gasteiger charge is -2.15. The highest BCUT2D eigenvalue weighted by molar-refractivity contribution is 9.10. The van der Waals surface area contributed by atoms with Crippen molar-refractivity contribution < 1.29 is 27.8 Å². The van der Waals surface area contributed by atoms with Crippen molar-refractivity contribution in [2.24, 2.45) is 0 Å². The second-order valence-corrected chi connectivity index (χ2v) is 4.63. The van der Waals surface area contributed by atoms with Gasteiger partial charge in [-0.15, -0.1) is 0 Å². The summed E-state index contributed by atoms with van der Waals surface area (Å²) >= 11 is 3.01. The van der Waals surface area contributed by atoms with Gasteiger partial charge in [0.05, 0.1) is 17.7 Å². The van der Waals surface area contributed by atoms with E-state index in [-0.39, 0.29) is 23.2 Å². The van der Waals surface area contributed by atoms with E-state index >= 15 is 0 Å². The third-order valence-electron chi connectivity index (χ3n) is 2.41. The molecule has 108 valence electrons. The zero-order chi connectivity index (χ0) is 14.4. The molecule has 0 aliphatic carbocycles. The molecular formula is C12H14BrF3O3. The average molecular weight is 343 g/mol. The van der Waals surface area contributed by atoms with Gasteiger partial charge in [-0.25, -0.2) is 13.2 Å². The standard InChI is InChI=1S/C12H14BrF3O3/c1-18-11-5-9(14)8(13)4-7(11)10(17)2-3-19-6-12(15)16/h4-5,10,12,17H,2-3,6H2,1H3. The van der Waals surface area contributed by atoms with Crippen molar-refractivity contribution in [2.75, 3.05) is 20.3 Å². The SMILES string of the molecule is COc1cc(F)c(Br)cc1C(O)CCOCC(F)F. The van der Waals surface area contributed by atoms with Crippen LogP contribution in [0.3, 0.4) is 0 Å². The third kappa shape index (κ3) is 5.00. The van der Waals surface area contributed by atoms with Crippen LogP contribution in [0.5, 0.6) is 5.75 Å². The lowest BCUT2D eigenvalue weighted by Crippen LogP contribution is -2.09. The molecule has 1 aromatic carbocycles. The highest BCUT2D eigenvalue weighted by atomic mass is 79.9. The predicted molar refractivity (Wildman–Crippen MR) is 67.1 cm³/mol. The van der Waals surface area contributed by atoms with Gasteiger partial charge in [0, 0.05) is 24.7 Å². The Morgan fingerprint density at radius 3 is 2.63 bits per heavy atom. The Balaban J connectivity index is 2.65. The van der Waals surface area contributed by atoms with Gasteiger partial charge in [0.1, 0.15) is 18.2 Å². The van der Waals surface area contributed by atoms with E-state index in [2.05, 4.69) is 20.7 Å². The second kappa shape index (κ2) is 7.72. The maximum atomic E-state index is 13.3. The van der Waals surface area contributed by atoms with Gasteiger partial charge in [0.2, 0.25) is 0 Å². The molecule has 0 fully saturated rings. The van der Waals surface area contributed by atoms with Crippen LogP contribution >= 0.6 is 15.9 Å². The summed E-state index contributed by atoms with van der Waals surface area (Å²) in [6, 6.07) is 2.54. The average Bonchev–Trinajstić information content (AvgIpc) is 2.36. The van der Waals surface area contributed by atoms with Crippen molar-refractivity contribution >= 4 is 15.9 Å². The van der Waals surface area contributed by atoms with E-state index in [0.29, 0.717) is 5.56 Å². The minimum atomic E-state index is -2.54. The quantitative estimate of drug-likeness (QED) is 0.772. The molecule has 1 atom stereocenters. The lowest BCUT2D eigenvalue weighted by atomic mass is 10.1. The number of benzene rings is 1. The van der Waals surface area contributed by atoms with Crippen molar-refractivity contribution in [1.29, 1.82) is 0 Å². The monoisotopic (exact) mass is 342 g/mol. The van der Waals surface area contributed by atoms with Crippen LogP contribution in [0.25, 0.3) is 0 Å². The van der Waals surface area contributed by atoms with E-state index in [0.717, 1.165) is 6.07 Å². The van der Waals surface area contributed by atoms with Gasteiger partial charge >= 0.3 is 0 Å². The number of ether oxygens (including phenoxy) is 2. The molecule has 3 nitrogen and oxygen atoms in total. The molecule has 1 aromatic rings. The molecule has 0 heterocycles. The van der Waals surface area contributed by atoms with Crippen LogP contribution < -0.4 is 4.74 Å². The topological polar surface area (TPSA) is 38.7 Å². The maximum absolute atomic E-state index is 13.3. The Bertz CT molecular complexity index is 415. The predicted octanol–water partition coefficient (Wildman–Crippen LogP) is 3.30. The molecule has 0 amide bonds. The summed E-state index contributed by atoms with van der Waals surface area (Å²) in [5, 5.41) is 9.92. The van der Waals surface area contributed by atoms with Crippen molar-refractivity contribution in [1.82, 2.24) is 0 Å². The molecule has 0 spiro atoms. The Kier molecular flexibility index (Phi) is 6.60. The Hall–Kier alpha value is -0.790.